The molecule has 1 aromatic carbocycles. The van der Waals surface area contributed by atoms with E-state index < -0.39 is 10.9 Å². The van der Waals surface area contributed by atoms with E-state index in [2.05, 4.69) is 4.72 Å². The van der Waals surface area contributed by atoms with Crippen LogP contribution in [0.25, 0.3) is 0 Å². The molecule has 1 aliphatic heterocycles. The minimum absolute atomic E-state index is 0.135. The smallest absolute Gasteiger partial charge is 0.409 e. The van der Waals surface area contributed by atoms with Gasteiger partial charge in [0.2, 0.25) is 10.9 Å². The Morgan fingerprint density at radius 2 is 1.92 bits per heavy atom. The SMILES string of the molecule is CCOC(=O)N1CCN(C(=O)c2ccc(N[SH](=O)=O)cc2)[C@H](C)C1. The molecule has 1 aromatic rings. The Hall–Kier alpha value is -2.29. The van der Waals surface area contributed by atoms with E-state index in [0.717, 1.165) is 0 Å². The maximum absolute atomic E-state index is 12.6. The second kappa shape index (κ2) is 8.00. The molecule has 1 atom stereocenters. The van der Waals surface area contributed by atoms with Crippen LogP contribution in [-0.2, 0) is 15.6 Å². The zero-order valence-corrected chi connectivity index (χ0v) is 14.5. The standard InChI is InChI=1S/C15H21N3O5S/c1-3-23-15(20)17-8-9-18(11(2)10-17)14(19)12-4-6-13(7-5-12)16-24(21)22/h4-7,11,24H,3,8-10H2,1-2H3,(H,16,21,22)/t11-/m1/s1. The lowest BCUT2D eigenvalue weighted by Gasteiger charge is -2.39. The van der Waals surface area contributed by atoms with Gasteiger partial charge in [-0.15, -0.1) is 0 Å². The highest BCUT2D eigenvalue weighted by molar-refractivity contribution is 7.73. The maximum Gasteiger partial charge on any atom is 0.409 e. The molecule has 1 heterocycles. The minimum atomic E-state index is -2.73. The number of piperazine rings is 1. The molecular weight excluding hydrogens is 334 g/mol. The topological polar surface area (TPSA) is 96.0 Å². The van der Waals surface area contributed by atoms with Gasteiger partial charge in [-0.05, 0) is 38.1 Å². The van der Waals surface area contributed by atoms with E-state index in [9.17, 15) is 18.0 Å². The largest absolute Gasteiger partial charge is 0.450 e. The predicted octanol–water partition coefficient (Wildman–Crippen LogP) is 0.928. The van der Waals surface area contributed by atoms with Crippen LogP contribution in [0.4, 0.5) is 10.5 Å². The van der Waals surface area contributed by atoms with E-state index in [1.54, 1.807) is 28.9 Å². The number of amides is 2. The van der Waals surface area contributed by atoms with E-state index in [4.69, 9.17) is 4.74 Å². The molecule has 0 unspecified atom stereocenters. The summed E-state index contributed by atoms with van der Waals surface area (Å²) in [6.45, 7) is 5.21. The Kier molecular flexibility index (Phi) is 6.02. The zero-order chi connectivity index (χ0) is 17.7. The lowest BCUT2D eigenvalue weighted by Crippen LogP contribution is -2.55. The van der Waals surface area contributed by atoms with Crippen LogP contribution in [0.15, 0.2) is 24.3 Å². The van der Waals surface area contributed by atoms with Crippen molar-refractivity contribution in [2.75, 3.05) is 31.0 Å². The Morgan fingerprint density at radius 3 is 2.46 bits per heavy atom. The van der Waals surface area contributed by atoms with Crippen molar-refractivity contribution in [2.45, 2.75) is 19.9 Å². The van der Waals surface area contributed by atoms with Gasteiger partial charge in [-0.25, -0.2) is 13.2 Å². The number of rotatable bonds is 4. The van der Waals surface area contributed by atoms with Crippen molar-refractivity contribution >= 4 is 28.6 Å². The number of benzene rings is 1. The molecule has 1 N–H and O–H groups in total. The second-order valence-corrected chi connectivity index (χ2v) is 6.18. The molecule has 2 amide bonds. The fourth-order valence-corrected chi connectivity index (χ4v) is 2.96. The number of thiol groups is 1. The van der Waals surface area contributed by atoms with Crippen LogP contribution in [0.3, 0.4) is 0 Å². The van der Waals surface area contributed by atoms with E-state index in [-0.39, 0.29) is 18.0 Å². The molecule has 1 saturated heterocycles. The minimum Gasteiger partial charge on any atom is -0.450 e. The van der Waals surface area contributed by atoms with Crippen molar-refractivity contribution < 1.29 is 22.7 Å². The number of hydrogen-bond acceptors (Lipinski definition) is 5. The fraction of sp³-hybridized carbons (Fsp3) is 0.467. The van der Waals surface area contributed by atoms with Crippen LogP contribution in [0.1, 0.15) is 24.2 Å². The Morgan fingerprint density at radius 1 is 1.25 bits per heavy atom. The molecule has 24 heavy (non-hydrogen) atoms. The predicted molar refractivity (Wildman–Crippen MR) is 89.5 cm³/mol. The van der Waals surface area contributed by atoms with E-state index in [1.165, 1.54) is 12.1 Å². The number of anilines is 1. The monoisotopic (exact) mass is 355 g/mol. The molecule has 0 aromatic heterocycles. The molecule has 0 spiro atoms. The summed E-state index contributed by atoms with van der Waals surface area (Å²) in [5.74, 6) is -0.149. The van der Waals surface area contributed by atoms with Crippen LogP contribution in [0.5, 0.6) is 0 Å². The van der Waals surface area contributed by atoms with E-state index >= 15 is 0 Å². The van der Waals surface area contributed by atoms with E-state index in [1.807, 2.05) is 6.92 Å². The first kappa shape index (κ1) is 18.1. The third-order valence-electron chi connectivity index (χ3n) is 3.77. The van der Waals surface area contributed by atoms with Gasteiger partial charge in [0.1, 0.15) is 0 Å². The number of nitrogens with one attached hydrogen (secondary N) is 1. The summed E-state index contributed by atoms with van der Waals surface area (Å²) < 4.78 is 28.5. The molecule has 9 heteroatoms. The quantitative estimate of drug-likeness (QED) is 0.783. The highest BCUT2D eigenvalue weighted by Crippen LogP contribution is 2.16. The highest BCUT2D eigenvalue weighted by Gasteiger charge is 2.30. The molecule has 132 valence electrons. The summed E-state index contributed by atoms with van der Waals surface area (Å²) in [5, 5.41) is 0. The van der Waals surface area contributed by atoms with Gasteiger partial charge in [0.25, 0.3) is 5.91 Å². The van der Waals surface area contributed by atoms with Crippen molar-refractivity contribution in [2.24, 2.45) is 0 Å². The van der Waals surface area contributed by atoms with Crippen molar-refractivity contribution in [3.63, 3.8) is 0 Å². The molecule has 1 aliphatic rings. The van der Waals surface area contributed by atoms with Crippen molar-refractivity contribution in [3.05, 3.63) is 29.8 Å². The molecule has 2 rings (SSSR count). The number of hydrogen-bond donors (Lipinski definition) is 2. The zero-order valence-electron chi connectivity index (χ0n) is 13.6. The van der Waals surface area contributed by atoms with Gasteiger partial charge in [0.05, 0.1) is 6.61 Å². The Balaban J connectivity index is 2.01. The molecule has 0 aliphatic carbocycles. The molecule has 0 radical (unpaired) electrons. The van der Waals surface area contributed by atoms with Crippen LogP contribution < -0.4 is 4.72 Å². The lowest BCUT2D eigenvalue weighted by atomic mass is 10.1. The van der Waals surface area contributed by atoms with Crippen molar-refractivity contribution in [1.29, 1.82) is 0 Å². The van der Waals surface area contributed by atoms with Crippen LogP contribution in [0.2, 0.25) is 0 Å². The average Bonchev–Trinajstić information content (AvgIpc) is 2.54. The highest BCUT2D eigenvalue weighted by atomic mass is 32.2. The summed E-state index contributed by atoms with van der Waals surface area (Å²) in [6, 6.07) is 6.10. The van der Waals surface area contributed by atoms with Crippen molar-refractivity contribution in [1.82, 2.24) is 9.80 Å². The Labute approximate surface area is 142 Å². The van der Waals surface area contributed by atoms with Gasteiger partial charge in [-0.3, -0.25) is 9.52 Å². The maximum atomic E-state index is 12.6. The number of carbonyl (C=O) groups is 2. The summed E-state index contributed by atoms with van der Waals surface area (Å²) in [4.78, 5) is 27.7. The Bertz CT molecular complexity index is 666. The number of ether oxygens (including phenoxy) is 1. The first-order valence-electron chi connectivity index (χ1n) is 7.66. The normalized spacial score (nSPS) is 17.7. The second-order valence-electron chi connectivity index (χ2n) is 5.44. The van der Waals surface area contributed by atoms with Crippen molar-refractivity contribution in [3.8, 4) is 0 Å². The third kappa shape index (κ3) is 4.38. The van der Waals surface area contributed by atoms with Gasteiger partial charge in [0.15, 0.2) is 0 Å². The first-order valence-corrected chi connectivity index (χ1v) is 8.84. The van der Waals surface area contributed by atoms with Gasteiger partial charge in [-0.1, -0.05) is 0 Å². The molecule has 0 saturated carbocycles. The van der Waals surface area contributed by atoms with Crippen LogP contribution >= 0.6 is 0 Å². The van der Waals surface area contributed by atoms with Crippen LogP contribution in [0, 0.1) is 0 Å². The summed E-state index contributed by atoms with van der Waals surface area (Å²) in [5.41, 5.74) is 0.876. The molecule has 1 fully saturated rings. The number of carbonyl (C=O) groups excluding carboxylic acids is 2. The summed E-state index contributed by atoms with van der Waals surface area (Å²) >= 11 is 0. The molecule has 0 bridgehead atoms. The summed E-state index contributed by atoms with van der Waals surface area (Å²) in [7, 11) is -2.73. The first-order chi connectivity index (χ1) is 11.4. The molecular formula is C15H21N3O5S. The van der Waals surface area contributed by atoms with E-state index in [0.29, 0.717) is 37.5 Å². The summed E-state index contributed by atoms with van der Waals surface area (Å²) in [6.07, 6.45) is -0.362. The van der Waals surface area contributed by atoms with Gasteiger partial charge >= 0.3 is 6.09 Å². The lowest BCUT2D eigenvalue weighted by molar-refractivity contribution is 0.0423. The van der Waals surface area contributed by atoms with Gasteiger partial charge in [0, 0.05) is 36.9 Å². The van der Waals surface area contributed by atoms with Gasteiger partial charge in [-0.2, -0.15) is 0 Å². The fourth-order valence-electron chi connectivity index (χ4n) is 2.60. The van der Waals surface area contributed by atoms with Gasteiger partial charge < -0.3 is 14.5 Å². The average molecular weight is 355 g/mol. The third-order valence-corrected chi connectivity index (χ3v) is 4.21. The number of nitrogens with zero attached hydrogens (tertiary/aromatic N) is 2. The molecule has 8 nitrogen and oxygen atoms in total. The van der Waals surface area contributed by atoms with Crippen LogP contribution in [-0.4, -0.2) is 62.5 Å².